The number of H-pyrrole nitrogens is 1. The Morgan fingerprint density at radius 1 is 1.22 bits per heavy atom. The van der Waals surface area contributed by atoms with E-state index < -0.39 is 28.8 Å². The van der Waals surface area contributed by atoms with E-state index >= 15 is 0 Å². The molecule has 1 aromatic carbocycles. The lowest BCUT2D eigenvalue weighted by molar-refractivity contribution is -0.132. The van der Waals surface area contributed by atoms with E-state index in [4.69, 9.17) is 14.6 Å². The monoisotopic (exact) mass is 525 g/mol. The zero-order valence-electron chi connectivity index (χ0n) is 19.4. The Morgan fingerprint density at radius 3 is 2.70 bits per heavy atom. The Kier molecular flexibility index (Phi) is 7.71. The first-order valence-electron chi connectivity index (χ1n) is 11.3. The zero-order valence-corrected chi connectivity index (χ0v) is 19.4. The zero-order chi connectivity index (χ0) is 26.6. The number of carbonyl (C=O) groups is 1. The van der Waals surface area contributed by atoms with E-state index in [1.54, 1.807) is 4.90 Å². The van der Waals surface area contributed by atoms with Gasteiger partial charge in [-0.15, -0.1) is 0 Å². The molecule has 0 aliphatic carbocycles. The maximum Gasteiger partial charge on any atom is 0.433 e. The number of benzene rings is 1. The number of nitrogens with zero attached hydrogens (tertiary/aromatic N) is 4. The van der Waals surface area contributed by atoms with E-state index in [0.29, 0.717) is 43.3 Å². The molecule has 0 saturated carbocycles. The van der Waals surface area contributed by atoms with Gasteiger partial charge in [-0.3, -0.25) is 15.0 Å². The van der Waals surface area contributed by atoms with Crippen LogP contribution in [-0.2, 0) is 9.53 Å². The van der Waals surface area contributed by atoms with Gasteiger partial charge in [0.05, 0.1) is 37.1 Å². The van der Waals surface area contributed by atoms with Crippen LogP contribution in [0.3, 0.4) is 0 Å². The summed E-state index contributed by atoms with van der Waals surface area (Å²) in [5.41, 5.74) is -3.12. The largest absolute Gasteiger partial charge is 0.433 e. The van der Waals surface area contributed by atoms with Crippen molar-refractivity contribution in [3.05, 3.63) is 46.1 Å². The fraction of sp³-hybridized carbons (Fsp3) is 0.409. The SMILES string of the molecule is N=C(c1c(NCCOCCC(=O)N2CCN(c3nc4cc(F)ccc4o3)CC2)cn[nH]c1=O)C(F)(F)F. The number of halogens is 4. The molecule has 0 radical (unpaired) electrons. The van der Waals surface area contributed by atoms with Gasteiger partial charge in [0.2, 0.25) is 5.91 Å². The van der Waals surface area contributed by atoms with Crippen LogP contribution < -0.4 is 15.8 Å². The van der Waals surface area contributed by atoms with Gasteiger partial charge in [0.25, 0.3) is 11.6 Å². The minimum absolute atomic E-state index is 0.0323. The van der Waals surface area contributed by atoms with Crippen LogP contribution >= 0.6 is 0 Å². The summed E-state index contributed by atoms with van der Waals surface area (Å²) < 4.78 is 63.0. The summed E-state index contributed by atoms with van der Waals surface area (Å²) in [4.78, 5) is 32.1. The first-order valence-corrected chi connectivity index (χ1v) is 11.3. The van der Waals surface area contributed by atoms with Crippen molar-refractivity contribution >= 4 is 34.4 Å². The first-order chi connectivity index (χ1) is 17.6. The van der Waals surface area contributed by atoms with Crippen LogP contribution in [-0.4, -0.2) is 83.8 Å². The first kappa shape index (κ1) is 26.1. The summed E-state index contributed by atoms with van der Waals surface area (Å²) in [6.07, 6.45) is -3.90. The van der Waals surface area contributed by atoms with Crippen molar-refractivity contribution in [2.45, 2.75) is 12.6 Å². The summed E-state index contributed by atoms with van der Waals surface area (Å²) in [6, 6.07) is 4.47. The highest BCUT2D eigenvalue weighted by molar-refractivity contribution is 6.06. The molecule has 1 fully saturated rings. The number of amides is 1. The maximum absolute atomic E-state index is 13.4. The number of anilines is 2. The minimum Gasteiger partial charge on any atom is -0.423 e. The van der Waals surface area contributed by atoms with Crippen molar-refractivity contribution in [1.29, 1.82) is 5.41 Å². The molecule has 2 aromatic heterocycles. The minimum atomic E-state index is -4.99. The van der Waals surface area contributed by atoms with Crippen LogP contribution in [0.1, 0.15) is 12.0 Å². The third-order valence-electron chi connectivity index (χ3n) is 5.65. The summed E-state index contributed by atoms with van der Waals surface area (Å²) in [7, 11) is 0. The fourth-order valence-corrected chi connectivity index (χ4v) is 3.77. The molecule has 198 valence electrons. The number of hydrogen-bond acceptors (Lipinski definition) is 9. The number of carbonyl (C=O) groups excluding carboxylic acids is 1. The third kappa shape index (κ3) is 6.22. The molecule has 1 amide bonds. The molecule has 11 nitrogen and oxygen atoms in total. The highest BCUT2D eigenvalue weighted by Gasteiger charge is 2.38. The average molecular weight is 525 g/mol. The molecule has 3 aromatic rings. The fourth-order valence-electron chi connectivity index (χ4n) is 3.77. The van der Waals surface area contributed by atoms with Crippen molar-refractivity contribution < 1.29 is 31.5 Å². The number of hydrogen-bond donors (Lipinski definition) is 3. The molecule has 0 atom stereocenters. The number of piperazine rings is 1. The van der Waals surface area contributed by atoms with E-state index in [1.165, 1.54) is 18.2 Å². The van der Waals surface area contributed by atoms with Gasteiger partial charge in [0, 0.05) is 38.8 Å². The second-order valence-corrected chi connectivity index (χ2v) is 8.13. The van der Waals surface area contributed by atoms with Gasteiger partial charge in [-0.25, -0.2) is 9.49 Å². The van der Waals surface area contributed by atoms with Gasteiger partial charge in [-0.1, -0.05) is 0 Å². The van der Waals surface area contributed by atoms with E-state index in [0.717, 1.165) is 6.20 Å². The molecule has 4 rings (SSSR count). The smallest absolute Gasteiger partial charge is 0.423 e. The van der Waals surface area contributed by atoms with Crippen LogP contribution in [0.15, 0.2) is 33.6 Å². The van der Waals surface area contributed by atoms with Gasteiger partial charge >= 0.3 is 6.18 Å². The summed E-state index contributed by atoms with van der Waals surface area (Å²) in [5, 5.41) is 15.2. The van der Waals surface area contributed by atoms with Crippen LogP contribution in [0.5, 0.6) is 0 Å². The summed E-state index contributed by atoms with van der Waals surface area (Å²) >= 11 is 0. The topological polar surface area (TPSA) is 140 Å². The van der Waals surface area contributed by atoms with Crippen LogP contribution in [0.4, 0.5) is 29.3 Å². The molecule has 3 heterocycles. The Labute approximate surface area is 206 Å². The summed E-state index contributed by atoms with van der Waals surface area (Å²) in [6.45, 7) is 2.04. The summed E-state index contributed by atoms with van der Waals surface area (Å²) in [5.74, 6) is -0.522. The van der Waals surface area contributed by atoms with E-state index in [2.05, 4.69) is 15.4 Å². The number of aromatic amines is 1. The number of rotatable bonds is 9. The van der Waals surface area contributed by atoms with E-state index in [9.17, 15) is 27.2 Å². The Hall–Kier alpha value is -4.01. The van der Waals surface area contributed by atoms with Gasteiger partial charge in [-0.2, -0.15) is 23.3 Å². The molecule has 0 unspecified atom stereocenters. The number of aromatic nitrogens is 3. The van der Waals surface area contributed by atoms with Crippen molar-refractivity contribution in [3.63, 3.8) is 0 Å². The molecular weight excluding hydrogens is 502 g/mol. The van der Waals surface area contributed by atoms with E-state index in [-0.39, 0.29) is 37.8 Å². The molecule has 37 heavy (non-hydrogen) atoms. The van der Waals surface area contributed by atoms with Crippen molar-refractivity contribution in [2.75, 3.05) is 56.2 Å². The quantitative estimate of drug-likeness (QED) is 0.219. The molecule has 1 aliphatic rings. The molecule has 15 heteroatoms. The predicted molar refractivity (Wildman–Crippen MR) is 124 cm³/mol. The standard InChI is InChI=1S/C22H23F4N7O4/c23-13-1-2-16-14(11-13)30-21(37-16)33-7-5-32(6-8-33)17(34)3-9-36-10-4-28-15-12-29-31-20(35)18(15)19(27)22(24,25)26/h1-2,11-12,27H,3-10H2,(H2,28,31,35). The van der Waals surface area contributed by atoms with Crippen LogP contribution in [0, 0.1) is 11.2 Å². The second kappa shape index (κ2) is 10.9. The Morgan fingerprint density at radius 2 is 1.97 bits per heavy atom. The predicted octanol–water partition coefficient (Wildman–Crippen LogP) is 2.15. The van der Waals surface area contributed by atoms with Gasteiger partial charge in [-0.05, 0) is 12.1 Å². The van der Waals surface area contributed by atoms with Crippen LogP contribution in [0.2, 0.25) is 0 Å². The number of nitrogens with one attached hydrogen (secondary N) is 3. The number of alkyl halides is 3. The van der Waals surface area contributed by atoms with Crippen molar-refractivity contribution in [2.24, 2.45) is 0 Å². The third-order valence-corrected chi connectivity index (χ3v) is 5.65. The van der Waals surface area contributed by atoms with Gasteiger partial charge in [0.15, 0.2) is 11.3 Å². The van der Waals surface area contributed by atoms with Crippen molar-refractivity contribution in [1.82, 2.24) is 20.1 Å². The van der Waals surface area contributed by atoms with Gasteiger partial charge in [0.1, 0.15) is 11.3 Å². The number of ether oxygens (including phenoxy) is 1. The van der Waals surface area contributed by atoms with Gasteiger partial charge < -0.3 is 24.3 Å². The molecule has 1 aliphatic heterocycles. The molecule has 3 N–H and O–H groups in total. The molecule has 0 spiro atoms. The molecule has 0 bridgehead atoms. The molecular formula is C22H23F4N7O4. The number of oxazole rings is 1. The highest BCUT2D eigenvalue weighted by atomic mass is 19.4. The lowest BCUT2D eigenvalue weighted by Crippen LogP contribution is -2.49. The average Bonchev–Trinajstić information content (AvgIpc) is 3.28. The lowest BCUT2D eigenvalue weighted by atomic mass is 10.1. The van der Waals surface area contributed by atoms with Crippen LogP contribution in [0.25, 0.3) is 11.1 Å². The Bertz CT molecular complexity index is 1330. The normalized spacial score (nSPS) is 14.3. The number of fused-ring (bicyclic) bond motifs is 1. The maximum atomic E-state index is 13.4. The Balaban J connectivity index is 1.18. The molecule has 1 saturated heterocycles. The van der Waals surface area contributed by atoms with Crippen molar-refractivity contribution in [3.8, 4) is 0 Å². The highest BCUT2D eigenvalue weighted by Crippen LogP contribution is 2.24. The lowest BCUT2D eigenvalue weighted by Gasteiger charge is -2.33. The second-order valence-electron chi connectivity index (χ2n) is 8.13. The van der Waals surface area contributed by atoms with E-state index in [1.807, 2.05) is 10.00 Å².